The fourth-order valence-corrected chi connectivity index (χ4v) is 2.86. The van der Waals surface area contributed by atoms with E-state index in [1.165, 1.54) is 0 Å². The van der Waals surface area contributed by atoms with Gasteiger partial charge < -0.3 is 0 Å². The molecule has 0 aliphatic heterocycles. The minimum absolute atomic E-state index is 0.336. The zero-order valence-corrected chi connectivity index (χ0v) is 10.9. The van der Waals surface area contributed by atoms with Gasteiger partial charge in [-0.3, -0.25) is 0 Å². The summed E-state index contributed by atoms with van der Waals surface area (Å²) in [5.74, 6) is 0.336. The second-order valence-corrected chi connectivity index (χ2v) is 4.80. The van der Waals surface area contributed by atoms with Crippen molar-refractivity contribution in [2.75, 3.05) is 0 Å². The van der Waals surface area contributed by atoms with Gasteiger partial charge in [0.1, 0.15) is 0 Å². The van der Waals surface area contributed by atoms with Gasteiger partial charge in [0.25, 0.3) is 0 Å². The maximum absolute atomic E-state index is 9.05. The molecule has 0 aromatic heterocycles. The smallest absolute Gasteiger partial charge is 0.0995 e. The summed E-state index contributed by atoms with van der Waals surface area (Å²) in [7, 11) is 0. The summed E-state index contributed by atoms with van der Waals surface area (Å²) in [6.45, 7) is 4.14. The van der Waals surface area contributed by atoms with Crippen LogP contribution in [0.15, 0.2) is 12.1 Å². The highest BCUT2D eigenvalue weighted by atomic mass is 127. The minimum Gasteiger partial charge on any atom is -0.198 e. The Morgan fingerprint density at radius 2 is 2.00 bits per heavy atom. The molecule has 0 unspecified atom stereocenters. The minimum atomic E-state index is 0.336. The fraction of sp³-hybridized carbons (Fsp3) is 0.333. The number of hydrogen-bond donors (Lipinski definition) is 0. The molecule has 0 heterocycles. The molecule has 0 saturated carbocycles. The molecule has 76 valence electrons. The summed E-state index contributed by atoms with van der Waals surface area (Å²) >= 11 is 2.23. The van der Waals surface area contributed by atoms with Crippen LogP contribution in [0.3, 0.4) is 0 Å². The average Bonchev–Trinajstić information content (AvgIpc) is 2.16. The van der Waals surface area contributed by atoms with Gasteiger partial charge in [0.2, 0.25) is 0 Å². The highest BCUT2D eigenvalue weighted by Crippen LogP contribution is 2.26. The second-order valence-electron chi connectivity index (χ2n) is 3.64. The van der Waals surface area contributed by atoms with Crippen molar-refractivity contribution in [3.63, 3.8) is 0 Å². The molecule has 0 spiro atoms. The number of rotatable bonds is 2. The zero-order valence-electron chi connectivity index (χ0n) is 8.71. The number of hydrogen-bond acceptors (Lipinski definition) is 2. The fourth-order valence-electron chi connectivity index (χ4n) is 1.55. The third-order valence-electron chi connectivity index (χ3n) is 2.17. The van der Waals surface area contributed by atoms with E-state index in [2.05, 4.69) is 48.6 Å². The molecule has 1 aromatic carbocycles. The van der Waals surface area contributed by atoms with E-state index in [9.17, 15) is 0 Å². The van der Waals surface area contributed by atoms with E-state index in [1.54, 1.807) is 0 Å². The molecule has 0 saturated heterocycles. The van der Waals surface area contributed by atoms with Crippen LogP contribution in [0.4, 0.5) is 0 Å². The van der Waals surface area contributed by atoms with Crippen LogP contribution in [0, 0.1) is 26.2 Å². The van der Waals surface area contributed by atoms with Crippen LogP contribution >= 0.6 is 22.6 Å². The average molecular weight is 310 g/mol. The Kier molecular flexibility index (Phi) is 4.11. The number of benzene rings is 1. The first-order chi connectivity index (χ1) is 7.10. The van der Waals surface area contributed by atoms with E-state index in [-0.39, 0.29) is 0 Å². The molecule has 0 fully saturated rings. The first kappa shape index (κ1) is 12.0. The third kappa shape index (κ3) is 2.70. The molecule has 0 N–H and O–H groups in total. The van der Waals surface area contributed by atoms with E-state index in [4.69, 9.17) is 10.5 Å². The SMILES string of the molecule is CC(C)c1c(I)cc(CC#N)cc1C#N. The van der Waals surface area contributed by atoms with Gasteiger partial charge in [-0.15, -0.1) is 0 Å². The Morgan fingerprint density at radius 1 is 1.33 bits per heavy atom. The van der Waals surface area contributed by atoms with Gasteiger partial charge in [0.15, 0.2) is 0 Å². The van der Waals surface area contributed by atoms with Crippen molar-refractivity contribution in [1.82, 2.24) is 0 Å². The molecule has 15 heavy (non-hydrogen) atoms. The Morgan fingerprint density at radius 3 is 2.47 bits per heavy atom. The normalized spacial score (nSPS) is 9.73. The van der Waals surface area contributed by atoms with Crippen LogP contribution in [0.2, 0.25) is 0 Å². The Balaban J connectivity index is 3.34. The molecule has 0 atom stereocenters. The highest BCUT2D eigenvalue weighted by Gasteiger charge is 2.12. The number of nitriles is 2. The molecule has 0 bridgehead atoms. The molecule has 0 radical (unpaired) electrons. The molecule has 1 aromatic rings. The van der Waals surface area contributed by atoms with Gasteiger partial charge in [-0.25, -0.2) is 0 Å². The summed E-state index contributed by atoms with van der Waals surface area (Å²) in [5.41, 5.74) is 2.70. The predicted octanol–water partition coefficient (Wildman–Crippen LogP) is 3.35. The van der Waals surface area contributed by atoms with Crippen molar-refractivity contribution in [1.29, 1.82) is 10.5 Å². The molecular formula is C12H11IN2. The number of halogens is 1. The molecule has 2 nitrogen and oxygen atoms in total. The lowest BCUT2D eigenvalue weighted by Gasteiger charge is -2.11. The van der Waals surface area contributed by atoms with E-state index in [0.29, 0.717) is 17.9 Å². The topological polar surface area (TPSA) is 47.6 Å². The van der Waals surface area contributed by atoms with Gasteiger partial charge in [0.05, 0.1) is 24.1 Å². The van der Waals surface area contributed by atoms with Crippen molar-refractivity contribution in [2.24, 2.45) is 0 Å². The first-order valence-electron chi connectivity index (χ1n) is 4.69. The predicted molar refractivity (Wildman–Crippen MR) is 67.3 cm³/mol. The third-order valence-corrected chi connectivity index (χ3v) is 3.06. The number of nitrogens with zero attached hydrogens (tertiary/aromatic N) is 2. The van der Waals surface area contributed by atoms with Gasteiger partial charge in [-0.05, 0) is 51.8 Å². The molecular weight excluding hydrogens is 299 g/mol. The lowest BCUT2D eigenvalue weighted by molar-refractivity contribution is 0.854. The van der Waals surface area contributed by atoms with E-state index in [0.717, 1.165) is 14.7 Å². The lowest BCUT2D eigenvalue weighted by atomic mass is 9.95. The maximum Gasteiger partial charge on any atom is 0.0995 e. The molecule has 3 heteroatoms. The van der Waals surface area contributed by atoms with Crippen molar-refractivity contribution >= 4 is 22.6 Å². The first-order valence-corrected chi connectivity index (χ1v) is 5.77. The largest absolute Gasteiger partial charge is 0.198 e. The van der Waals surface area contributed by atoms with Crippen LogP contribution < -0.4 is 0 Å². The van der Waals surface area contributed by atoms with Crippen LogP contribution in [-0.2, 0) is 6.42 Å². The Bertz CT molecular complexity index is 450. The molecule has 0 aliphatic carbocycles. The van der Waals surface area contributed by atoms with Crippen molar-refractivity contribution in [3.05, 3.63) is 32.4 Å². The monoisotopic (exact) mass is 310 g/mol. The van der Waals surface area contributed by atoms with Gasteiger partial charge >= 0.3 is 0 Å². The van der Waals surface area contributed by atoms with Crippen LogP contribution in [0.5, 0.6) is 0 Å². The van der Waals surface area contributed by atoms with Crippen LogP contribution in [-0.4, -0.2) is 0 Å². The summed E-state index contributed by atoms with van der Waals surface area (Å²) in [4.78, 5) is 0. The molecule has 0 aliphatic rings. The van der Waals surface area contributed by atoms with Crippen molar-refractivity contribution in [3.8, 4) is 12.1 Å². The van der Waals surface area contributed by atoms with Crippen LogP contribution in [0.25, 0.3) is 0 Å². The molecule has 0 amide bonds. The van der Waals surface area contributed by atoms with E-state index in [1.807, 2.05) is 12.1 Å². The standard InChI is InChI=1S/C12H11IN2/c1-8(2)12-10(7-15)5-9(3-4-14)6-11(12)13/h5-6,8H,3H2,1-2H3. The summed E-state index contributed by atoms with van der Waals surface area (Å²) < 4.78 is 1.08. The van der Waals surface area contributed by atoms with Crippen molar-refractivity contribution < 1.29 is 0 Å². The highest BCUT2D eigenvalue weighted by molar-refractivity contribution is 14.1. The van der Waals surface area contributed by atoms with Gasteiger partial charge in [-0.1, -0.05) is 13.8 Å². The summed E-state index contributed by atoms with van der Waals surface area (Å²) in [6, 6.07) is 8.11. The van der Waals surface area contributed by atoms with Gasteiger partial charge in [-0.2, -0.15) is 10.5 Å². The van der Waals surface area contributed by atoms with E-state index < -0.39 is 0 Å². The second kappa shape index (κ2) is 5.14. The summed E-state index contributed by atoms with van der Waals surface area (Å²) in [6.07, 6.45) is 0.364. The van der Waals surface area contributed by atoms with E-state index >= 15 is 0 Å². The lowest BCUT2D eigenvalue weighted by Crippen LogP contribution is -1.99. The van der Waals surface area contributed by atoms with Crippen LogP contribution in [0.1, 0.15) is 36.5 Å². The zero-order chi connectivity index (χ0) is 11.4. The molecule has 1 rings (SSSR count). The van der Waals surface area contributed by atoms with Crippen molar-refractivity contribution in [2.45, 2.75) is 26.2 Å². The maximum atomic E-state index is 9.05. The Labute approximate surface area is 104 Å². The van der Waals surface area contributed by atoms with Gasteiger partial charge in [0, 0.05) is 3.57 Å². The Hall–Kier alpha value is -1.07. The quantitative estimate of drug-likeness (QED) is 0.787. The summed E-state index contributed by atoms with van der Waals surface area (Å²) in [5, 5.41) is 17.7.